The van der Waals surface area contributed by atoms with Gasteiger partial charge in [-0.1, -0.05) is 28.1 Å². The molecule has 3 rings (SSSR count). The number of amides is 3. The van der Waals surface area contributed by atoms with Gasteiger partial charge in [0, 0.05) is 29.2 Å². The van der Waals surface area contributed by atoms with E-state index in [1.165, 1.54) is 0 Å². The van der Waals surface area contributed by atoms with Crippen LogP contribution in [0.2, 0.25) is 0 Å². The van der Waals surface area contributed by atoms with E-state index in [0.29, 0.717) is 17.8 Å². The normalized spacial score (nSPS) is 16.2. The van der Waals surface area contributed by atoms with E-state index in [9.17, 15) is 14.4 Å². The summed E-state index contributed by atoms with van der Waals surface area (Å²) in [5.74, 6) is -1.07. The van der Waals surface area contributed by atoms with Crippen LogP contribution in [0.1, 0.15) is 36.2 Å². The van der Waals surface area contributed by atoms with Crippen molar-refractivity contribution in [1.29, 1.82) is 0 Å². The number of halogens is 1. The summed E-state index contributed by atoms with van der Waals surface area (Å²) in [5.41, 5.74) is 2.65. The molecule has 1 atom stereocenters. The fraction of sp³-hybridized carbons (Fsp3) is 0.318. The van der Waals surface area contributed by atoms with Gasteiger partial charge >= 0.3 is 0 Å². The Kier molecular flexibility index (Phi) is 6.37. The fourth-order valence-corrected chi connectivity index (χ4v) is 3.54. The predicted molar refractivity (Wildman–Crippen MR) is 117 cm³/mol. The lowest BCUT2D eigenvalue weighted by Crippen LogP contribution is -2.32. The lowest BCUT2D eigenvalue weighted by Gasteiger charge is -2.18. The van der Waals surface area contributed by atoms with E-state index in [1.54, 1.807) is 29.2 Å². The first-order chi connectivity index (χ1) is 13.8. The number of nitrogens with one attached hydrogen (secondary N) is 2. The maximum atomic E-state index is 12.8. The van der Waals surface area contributed by atoms with E-state index in [2.05, 4.69) is 26.6 Å². The van der Waals surface area contributed by atoms with E-state index in [0.717, 1.165) is 15.7 Å². The molecule has 6 nitrogen and oxygen atoms in total. The zero-order valence-corrected chi connectivity index (χ0v) is 18.2. The van der Waals surface area contributed by atoms with Crippen LogP contribution in [0.4, 0.5) is 11.4 Å². The summed E-state index contributed by atoms with van der Waals surface area (Å²) in [7, 11) is 0. The third-order valence-electron chi connectivity index (χ3n) is 4.80. The molecule has 2 N–H and O–H groups in total. The molecule has 1 aliphatic rings. The van der Waals surface area contributed by atoms with Gasteiger partial charge < -0.3 is 15.5 Å². The van der Waals surface area contributed by atoms with Crippen LogP contribution in [0.25, 0.3) is 0 Å². The second-order valence-electron chi connectivity index (χ2n) is 7.50. The van der Waals surface area contributed by atoms with Crippen LogP contribution >= 0.6 is 15.9 Å². The fourth-order valence-electron chi connectivity index (χ4n) is 3.29. The van der Waals surface area contributed by atoms with Crippen molar-refractivity contribution in [3.63, 3.8) is 0 Å². The van der Waals surface area contributed by atoms with E-state index >= 15 is 0 Å². The summed E-state index contributed by atoms with van der Waals surface area (Å²) in [6, 6.07) is 12.6. The summed E-state index contributed by atoms with van der Waals surface area (Å²) in [5, 5.41) is 5.66. The lowest BCUT2D eigenvalue weighted by molar-refractivity contribution is -0.122. The SMILES string of the molecule is Cc1cc(N2CC(C(=O)Nc3ccccc3C(=O)NC(C)C)CC2=O)ccc1Br. The zero-order valence-electron chi connectivity index (χ0n) is 16.7. The third-order valence-corrected chi connectivity index (χ3v) is 5.69. The van der Waals surface area contributed by atoms with Gasteiger partial charge in [0.25, 0.3) is 5.91 Å². The minimum atomic E-state index is -0.479. The Bertz CT molecular complexity index is 958. The van der Waals surface area contributed by atoms with Gasteiger partial charge in [-0.05, 0) is 56.7 Å². The van der Waals surface area contributed by atoms with Crippen LogP contribution in [0.5, 0.6) is 0 Å². The van der Waals surface area contributed by atoms with Gasteiger partial charge in [-0.25, -0.2) is 0 Å². The van der Waals surface area contributed by atoms with Gasteiger partial charge in [0.15, 0.2) is 0 Å². The van der Waals surface area contributed by atoms with Crippen molar-refractivity contribution >= 4 is 45.0 Å². The number of aryl methyl sites for hydroxylation is 1. The third kappa shape index (κ3) is 4.85. The molecule has 1 unspecified atom stereocenters. The molecule has 7 heteroatoms. The Morgan fingerprint density at radius 1 is 1.17 bits per heavy atom. The highest BCUT2D eigenvalue weighted by Gasteiger charge is 2.35. The second kappa shape index (κ2) is 8.78. The number of benzene rings is 2. The van der Waals surface area contributed by atoms with Crippen molar-refractivity contribution in [2.45, 2.75) is 33.2 Å². The molecule has 0 aromatic heterocycles. The number of hydrogen-bond donors (Lipinski definition) is 2. The van der Waals surface area contributed by atoms with Crippen molar-refractivity contribution in [3.8, 4) is 0 Å². The van der Waals surface area contributed by atoms with Crippen molar-refractivity contribution in [2.75, 3.05) is 16.8 Å². The molecule has 29 heavy (non-hydrogen) atoms. The van der Waals surface area contributed by atoms with Crippen molar-refractivity contribution in [2.24, 2.45) is 5.92 Å². The summed E-state index contributed by atoms with van der Waals surface area (Å²) in [4.78, 5) is 39.4. The van der Waals surface area contributed by atoms with Crippen LogP contribution in [-0.4, -0.2) is 30.3 Å². The zero-order chi connectivity index (χ0) is 21.1. The average Bonchev–Trinajstić information content (AvgIpc) is 3.05. The van der Waals surface area contributed by atoms with Crippen LogP contribution in [0.15, 0.2) is 46.9 Å². The van der Waals surface area contributed by atoms with E-state index in [4.69, 9.17) is 0 Å². The van der Waals surface area contributed by atoms with Crippen LogP contribution in [0.3, 0.4) is 0 Å². The molecular formula is C22H24BrN3O3. The number of anilines is 2. The Labute approximate surface area is 178 Å². The number of carbonyl (C=O) groups excluding carboxylic acids is 3. The summed E-state index contributed by atoms with van der Waals surface area (Å²) < 4.78 is 0.971. The number of rotatable bonds is 5. The molecule has 0 aliphatic carbocycles. The van der Waals surface area contributed by atoms with Gasteiger partial charge in [-0.15, -0.1) is 0 Å². The average molecular weight is 458 g/mol. The standard InChI is InChI=1S/C22H24BrN3O3/c1-13(2)24-22(29)17-6-4-5-7-19(17)25-21(28)15-11-20(27)26(12-15)16-8-9-18(23)14(3)10-16/h4-10,13,15H,11-12H2,1-3H3,(H,24,29)(H,25,28). The number of nitrogens with zero attached hydrogens (tertiary/aromatic N) is 1. The van der Waals surface area contributed by atoms with Gasteiger partial charge in [-0.3, -0.25) is 14.4 Å². The summed E-state index contributed by atoms with van der Waals surface area (Å²) in [6.07, 6.45) is 0.140. The molecule has 0 bridgehead atoms. The van der Waals surface area contributed by atoms with E-state index < -0.39 is 5.92 Å². The van der Waals surface area contributed by atoms with Gasteiger partial charge in [0.2, 0.25) is 11.8 Å². The molecule has 0 radical (unpaired) electrons. The molecule has 1 fully saturated rings. The number of carbonyl (C=O) groups is 3. The Balaban J connectivity index is 1.73. The maximum Gasteiger partial charge on any atom is 0.253 e. The molecule has 0 saturated carbocycles. The molecule has 1 heterocycles. The number of para-hydroxylation sites is 1. The minimum Gasteiger partial charge on any atom is -0.350 e. The summed E-state index contributed by atoms with van der Waals surface area (Å²) in [6.45, 7) is 6.02. The maximum absolute atomic E-state index is 12.8. The molecule has 152 valence electrons. The number of hydrogen-bond acceptors (Lipinski definition) is 3. The van der Waals surface area contributed by atoms with Crippen LogP contribution in [-0.2, 0) is 9.59 Å². The summed E-state index contributed by atoms with van der Waals surface area (Å²) >= 11 is 3.46. The quantitative estimate of drug-likeness (QED) is 0.714. The molecule has 0 spiro atoms. The van der Waals surface area contributed by atoms with Crippen LogP contribution < -0.4 is 15.5 Å². The Hall–Kier alpha value is -2.67. The molecular weight excluding hydrogens is 434 g/mol. The van der Waals surface area contributed by atoms with Crippen LogP contribution in [0, 0.1) is 12.8 Å². The first kappa shape index (κ1) is 21.0. The first-order valence-electron chi connectivity index (χ1n) is 9.53. The van der Waals surface area contributed by atoms with Crippen molar-refractivity contribution in [3.05, 3.63) is 58.1 Å². The molecule has 2 aromatic carbocycles. The van der Waals surface area contributed by atoms with E-state index in [1.807, 2.05) is 39.0 Å². The molecule has 3 amide bonds. The monoisotopic (exact) mass is 457 g/mol. The Morgan fingerprint density at radius 3 is 2.59 bits per heavy atom. The molecule has 1 saturated heterocycles. The Morgan fingerprint density at radius 2 is 1.90 bits per heavy atom. The van der Waals surface area contributed by atoms with Crippen molar-refractivity contribution < 1.29 is 14.4 Å². The molecule has 2 aromatic rings. The first-order valence-corrected chi connectivity index (χ1v) is 10.3. The second-order valence-corrected chi connectivity index (χ2v) is 8.36. The topological polar surface area (TPSA) is 78.5 Å². The van der Waals surface area contributed by atoms with Gasteiger partial charge in [-0.2, -0.15) is 0 Å². The van der Waals surface area contributed by atoms with Gasteiger partial charge in [0.1, 0.15) is 0 Å². The van der Waals surface area contributed by atoms with Gasteiger partial charge in [0.05, 0.1) is 17.2 Å². The van der Waals surface area contributed by atoms with E-state index in [-0.39, 0.29) is 30.2 Å². The van der Waals surface area contributed by atoms with Crippen molar-refractivity contribution in [1.82, 2.24) is 5.32 Å². The highest BCUT2D eigenvalue weighted by Crippen LogP contribution is 2.29. The predicted octanol–water partition coefficient (Wildman–Crippen LogP) is 3.89. The lowest BCUT2D eigenvalue weighted by atomic mass is 10.1. The molecule has 1 aliphatic heterocycles. The smallest absolute Gasteiger partial charge is 0.253 e. The largest absolute Gasteiger partial charge is 0.350 e. The highest BCUT2D eigenvalue weighted by atomic mass is 79.9. The minimum absolute atomic E-state index is 0.0124. The highest BCUT2D eigenvalue weighted by molar-refractivity contribution is 9.10.